The Balaban J connectivity index is 2.60. The maximum atomic E-state index is 12.0. The highest BCUT2D eigenvalue weighted by Gasteiger charge is 2.40. The minimum atomic E-state index is -0.575. The second kappa shape index (κ2) is 6.66. The molecule has 1 unspecified atom stereocenters. The van der Waals surface area contributed by atoms with Crippen LogP contribution in [0.4, 0.5) is 0 Å². The van der Waals surface area contributed by atoms with Gasteiger partial charge in [0.25, 0.3) is 0 Å². The predicted molar refractivity (Wildman–Crippen MR) is 77.4 cm³/mol. The van der Waals surface area contributed by atoms with Crippen LogP contribution in [-0.2, 0) is 14.4 Å². The molecule has 0 aromatic heterocycles. The zero-order valence-corrected chi connectivity index (χ0v) is 12.9. The van der Waals surface area contributed by atoms with Crippen molar-refractivity contribution in [2.24, 2.45) is 5.41 Å². The maximum Gasteiger partial charge on any atom is 0.153 e. The van der Waals surface area contributed by atoms with E-state index in [0.717, 1.165) is 0 Å². The number of likely N-dealkylation sites (N-methyl/N-ethyl adjacent to an activating group) is 1. The molecule has 4 nitrogen and oxygen atoms in total. The van der Waals surface area contributed by atoms with Gasteiger partial charge in [-0.3, -0.25) is 14.4 Å². The molecule has 1 N–H and O–H groups in total. The van der Waals surface area contributed by atoms with Crippen LogP contribution in [-0.4, -0.2) is 41.4 Å². The van der Waals surface area contributed by atoms with Crippen LogP contribution < -0.4 is 5.32 Å². The van der Waals surface area contributed by atoms with Gasteiger partial charge in [0.2, 0.25) is 0 Å². The summed E-state index contributed by atoms with van der Waals surface area (Å²) in [7, 11) is 1.73. The van der Waals surface area contributed by atoms with Crippen LogP contribution in [0.15, 0.2) is 0 Å². The molecule has 1 aliphatic carbocycles. The Kier molecular flexibility index (Phi) is 5.74. The van der Waals surface area contributed by atoms with E-state index in [9.17, 15) is 14.4 Å². The van der Waals surface area contributed by atoms with Crippen LogP contribution in [0.5, 0.6) is 0 Å². The molecule has 0 amide bonds. The van der Waals surface area contributed by atoms with Gasteiger partial charge in [-0.15, -0.1) is 11.8 Å². The molecule has 0 spiro atoms. The molecule has 0 aliphatic heterocycles. The number of ketones is 3. The van der Waals surface area contributed by atoms with Gasteiger partial charge in [-0.1, -0.05) is 20.8 Å². The molecule has 0 radical (unpaired) electrons. The van der Waals surface area contributed by atoms with E-state index in [-0.39, 0.29) is 28.8 Å². The molecular weight excluding hydrogens is 262 g/mol. The van der Waals surface area contributed by atoms with E-state index in [1.165, 1.54) is 11.8 Å². The Labute approximate surface area is 119 Å². The average molecular weight is 285 g/mol. The molecule has 0 aromatic rings. The van der Waals surface area contributed by atoms with Crippen molar-refractivity contribution in [3.8, 4) is 0 Å². The normalized spacial score (nSPS) is 21.5. The van der Waals surface area contributed by atoms with Crippen LogP contribution in [0.2, 0.25) is 0 Å². The van der Waals surface area contributed by atoms with Crippen molar-refractivity contribution >= 4 is 29.1 Å². The third kappa shape index (κ3) is 4.42. The largest absolute Gasteiger partial charge is 0.310 e. The molecule has 5 heteroatoms. The van der Waals surface area contributed by atoms with Crippen LogP contribution in [0.1, 0.15) is 40.0 Å². The Morgan fingerprint density at radius 3 is 2.32 bits per heavy atom. The number of thioether (sulfide) groups is 1. The van der Waals surface area contributed by atoms with Gasteiger partial charge in [0.1, 0.15) is 11.0 Å². The Morgan fingerprint density at radius 2 is 1.89 bits per heavy atom. The van der Waals surface area contributed by atoms with Gasteiger partial charge in [-0.2, -0.15) is 0 Å². The average Bonchev–Trinajstić information content (AvgIpc) is 2.30. The summed E-state index contributed by atoms with van der Waals surface area (Å²) in [5.41, 5.74) is -0.215. The second-order valence-electron chi connectivity index (χ2n) is 5.82. The van der Waals surface area contributed by atoms with Crippen molar-refractivity contribution in [3.05, 3.63) is 0 Å². The zero-order valence-electron chi connectivity index (χ0n) is 12.1. The van der Waals surface area contributed by atoms with E-state index in [4.69, 9.17) is 0 Å². The number of hydrogen-bond donors (Lipinski definition) is 1. The fraction of sp³-hybridized carbons (Fsp3) is 0.786. The summed E-state index contributed by atoms with van der Waals surface area (Å²) in [6.45, 7) is 5.71. The number of hydrogen-bond acceptors (Lipinski definition) is 5. The summed E-state index contributed by atoms with van der Waals surface area (Å²) in [6, 6.07) is -0.273. The molecular formula is C14H23NO3S. The number of carbonyl (C=O) groups is 3. The lowest BCUT2D eigenvalue weighted by Crippen LogP contribution is -2.42. The molecule has 0 bridgehead atoms. The molecule has 0 saturated heterocycles. The first-order valence-corrected chi connectivity index (χ1v) is 7.72. The lowest BCUT2D eigenvalue weighted by Gasteiger charge is -2.32. The molecule has 1 aliphatic rings. The number of Topliss-reactive ketones (excluding diaryl/α,β-unsaturated/α-hetero) is 3. The molecule has 1 atom stereocenters. The minimum absolute atomic E-state index is 0.00468. The number of carbonyl (C=O) groups excluding carboxylic acids is 3. The van der Waals surface area contributed by atoms with E-state index in [2.05, 4.69) is 5.32 Å². The molecule has 1 saturated carbocycles. The first-order valence-electron chi connectivity index (χ1n) is 6.67. The molecule has 1 fully saturated rings. The third-order valence-electron chi connectivity index (χ3n) is 3.41. The van der Waals surface area contributed by atoms with Crippen LogP contribution >= 0.6 is 11.8 Å². The van der Waals surface area contributed by atoms with Gasteiger partial charge < -0.3 is 5.32 Å². The summed E-state index contributed by atoms with van der Waals surface area (Å²) in [4.78, 5) is 35.7. The highest BCUT2D eigenvalue weighted by atomic mass is 32.2. The predicted octanol–water partition coefficient (Wildman–Crippen LogP) is 1.61. The molecule has 19 heavy (non-hydrogen) atoms. The summed E-state index contributed by atoms with van der Waals surface area (Å²) >= 11 is 1.31. The summed E-state index contributed by atoms with van der Waals surface area (Å²) in [6.07, 6.45) is 1.36. The van der Waals surface area contributed by atoms with E-state index in [1.807, 2.05) is 20.8 Å². The first-order chi connectivity index (χ1) is 8.80. The minimum Gasteiger partial charge on any atom is -0.310 e. The molecule has 0 heterocycles. The molecule has 108 valence electrons. The zero-order chi connectivity index (χ0) is 14.6. The standard InChI is InChI=1S/C14H23NO3S/c1-5-10(16)9(15-4)8-19-13-11(17)6-14(2,3)7-12(13)18/h9,13,15H,5-8H2,1-4H3. The van der Waals surface area contributed by atoms with Gasteiger partial charge in [0.15, 0.2) is 11.6 Å². The van der Waals surface area contributed by atoms with Crippen LogP contribution in [0, 0.1) is 5.41 Å². The fourth-order valence-corrected chi connectivity index (χ4v) is 3.61. The maximum absolute atomic E-state index is 12.0. The molecule has 0 aromatic carbocycles. The SMILES string of the molecule is CCC(=O)C(CSC1C(=O)CC(C)(C)CC1=O)NC. The van der Waals surface area contributed by atoms with Crippen molar-refractivity contribution in [1.82, 2.24) is 5.32 Å². The first kappa shape index (κ1) is 16.4. The lowest BCUT2D eigenvalue weighted by atomic mass is 9.76. The van der Waals surface area contributed by atoms with E-state index < -0.39 is 5.25 Å². The topological polar surface area (TPSA) is 63.2 Å². The van der Waals surface area contributed by atoms with Crippen molar-refractivity contribution in [2.45, 2.75) is 51.3 Å². The Morgan fingerprint density at radius 1 is 1.37 bits per heavy atom. The van der Waals surface area contributed by atoms with Gasteiger partial charge in [0, 0.05) is 25.0 Å². The van der Waals surface area contributed by atoms with E-state index >= 15 is 0 Å². The highest BCUT2D eigenvalue weighted by molar-refractivity contribution is 8.01. The summed E-state index contributed by atoms with van der Waals surface area (Å²) < 4.78 is 0. The highest BCUT2D eigenvalue weighted by Crippen LogP contribution is 2.35. The van der Waals surface area contributed by atoms with Gasteiger partial charge in [-0.05, 0) is 12.5 Å². The number of nitrogens with one attached hydrogen (secondary N) is 1. The number of rotatable bonds is 6. The van der Waals surface area contributed by atoms with Crippen molar-refractivity contribution in [1.29, 1.82) is 0 Å². The van der Waals surface area contributed by atoms with Crippen molar-refractivity contribution in [3.63, 3.8) is 0 Å². The van der Waals surface area contributed by atoms with E-state index in [0.29, 0.717) is 25.0 Å². The Hall–Kier alpha value is -0.680. The summed E-state index contributed by atoms with van der Waals surface area (Å²) in [5, 5.41) is 2.37. The fourth-order valence-electron chi connectivity index (χ4n) is 2.33. The quantitative estimate of drug-likeness (QED) is 0.751. The smallest absolute Gasteiger partial charge is 0.153 e. The van der Waals surface area contributed by atoms with Gasteiger partial charge >= 0.3 is 0 Å². The second-order valence-corrected chi connectivity index (χ2v) is 6.96. The van der Waals surface area contributed by atoms with Crippen molar-refractivity contribution in [2.75, 3.05) is 12.8 Å². The summed E-state index contributed by atoms with van der Waals surface area (Å²) in [5.74, 6) is 0.604. The monoisotopic (exact) mass is 285 g/mol. The molecule has 1 rings (SSSR count). The van der Waals surface area contributed by atoms with Crippen LogP contribution in [0.3, 0.4) is 0 Å². The van der Waals surface area contributed by atoms with Gasteiger partial charge in [0.05, 0.1) is 6.04 Å². The third-order valence-corrected chi connectivity index (χ3v) is 4.79. The van der Waals surface area contributed by atoms with Crippen LogP contribution in [0.25, 0.3) is 0 Å². The Bertz CT molecular complexity index is 359. The van der Waals surface area contributed by atoms with Crippen molar-refractivity contribution < 1.29 is 14.4 Å². The van der Waals surface area contributed by atoms with Gasteiger partial charge in [-0.25, -0.2) is 0 Å². The van der Waals surface area contributed by atoms with E-state index in [1.54, 1.807) is 7.05 Å². The lowest BCUT2D eigenvalue weighted by molar-refractivity contribution is -0.132.